The minimum atomic E-state index is 0.122. The number of ether oxygens (including phenoxy) is 2. The van der Waals surface area contributed by atoms with E-state index in [0.717, 1.165) is 23.9 Å². The summed E-state index contributed by atoms with van der Waals surface area (Å²) in [6.45, 7) is 2.65. The highest BCUT2D eigenvalue weighted by Gasteiger charge is 2.29. The van der Waals surface area contributed by atoms with Gasteiger partial charge in [-0.15, -0.1) is 0 Å². The molecule has 3 aromatic rings. The van der Waals surface area contributed by atoms with Gasteiger partial charge in [0.15, 0.2) is 0 Å². The van der Waals surface area contributed by atoms with Crippen LogP contribution in [0.4, 0.5) is 5.95 Å². The summed E-state index contributed by atoms with van der Waals surface area (Å²) in [5.74, 6) is 2.53. The molecule has 2 heterocycles. The van der Waals surface area contributed by atoms with E-state index >= 15 is 0 Å². The molecule has 0 aliphatic carbocycles. The van der Waals surface area contributed by atoms with Gasteiger partial charge in [-0.3, -0.25) is 0 Å². The van der Waals surface area contributed by atoms with Gasteiger partial charge in [-0.25, -0.2) is 4.68 Å². The summed E-state index contributed by atoms with van der Waals surface area (Å²) in [4.78, 5) is 4.38. The van der Waals surface area contributed by atoms with Crippen LogP contribution in [0.1, 0.15) is 36.6 Å². The van der Waals surface area contributed by atoms with Gasteiger partial charge in [0.05, 0.1) is 25.8 Å². The summed E-state index contributed by atoms with van der Waals surface area (Å²) in [5.41, 5.74) is 2.40. The summed E-state index contributed by atoms with van der Waals surface area (Å²) in [7, 11) is 1.68. The molecule has 1 aliphatic heterocycles. The molecule has 1 aliphatic rings. The topological polar surface area (TPSA) is 61.2 Å². The van der Waals surface area contributed by atoms with E-state index in [9.17, 15) is 0 Å². The van der Waals surface area contributed by atoms with Crippen molar-refractivity contribution in [3.8, 4) is 11.5 Å². The van der Waals surface area contributed by atoms with E-state index in [4.69, 9.17) is 9.47 Å². The monoisotopic (exact) mass is 350 g/mol. The quantitative estimate of drug-likeness (QED) is 0.758. The third-order valence-corrected chi connectivity index (χ3v) is 4.72. The van der Waals surface area contributed by atoms with Gasteiger partial charge in [0.25, 0.3) is 0 Å². The van der Waals surface area contributed by atoms with Crippen LogP contribution in [0.15, 0.2) is 54.9 Å². The van der Waals surface area contributed by atoms with E-state index in [0.29, 0.717) is 6.61 Å². The number of nitrogens with zero attached hydrogens (tertiary/aromatic N) is 3. The van der Waals surface area contributed by atoms with E-state index in [-0.39, 0.29) is 12.1 Å². The number of methoxy groups -OCH3 is 1. The largest absolute Gasteiger partial charge is 0.497 e. The molecular formula is C20H22N4O2. The first-order valence-corrected chi connectivity index (χ1v) is 8.81. The highest BCUT2D eigenvalue weighted by molar-refractivity contribution is 5.40. The Morgan fingerprint density at radius 1 is 1.04 bits per heavy atom. The molecule has 1 N–H and O–H groups in total. The predicted molar refractivity (Wildman–Crippen MR) is 99.7 cm³/mol. The fourth-order valence-corrected chi connectivity index (χ4v) is 3.41. The second kappa shape index (κ2) is 7.07. The van der Waals surface area contributed by atoms with Crippen molar-refractivity contribution in [2.24, 2.45) is 0 Å². The number of benzene rings is 2. The third-order valence-electron chi connectivity index (χ3n) is 4.72. The molecule has 6 nitrogen and oxygen atoms in total. The number of aromatic nitrogens is 3. The molecule has 0 saturated carbocycles. The van der Waals surface area contributed by atoms with Crippen molar-refractivity contribution in [2.75, 3.05) is 19.0 Å². The fourth-order valence-electron chi connectivity index (χ4n) is 3.41. The Morgan fingerprint density at radius 3 is 2.42 bits per heavy atom. The Kier molecular flexibility index (Phi) is 4.48. The van der Waals surface area contributed by atoms with Gasteiger partial charge >= 0.3 is 0 Å². The minimum absolute atomic E-state index is 0.122. The lowest BCUT2D eigenvalue weighted by Gasteiger charge is -2.32. The van der Waals surface area contributed by atoms with Crippen LogP contribution in [0.25, 0.3) is 0 Å². The number of fused-ring (bicyclic) bond motifs is 1. The molecule has 134 valence electrons. The van der Waals surface area contributed by atoms with Crippen LogP contribution in [0.2, 0.25) is 0 Å². The Bertz CT molecular complexity index is 858. The normalized spacial score (nSPS) is 18.7. The minimum Gasteiger partial charge on any atom is -0.497 e. The number of hydrogen-bond acceptors (Lipinski definition) is 5. The van der Waals surface area contributed by atoms with Crippen molar-refractivity contribution in [3.05, 3.63) is 66.0 Å². The van der Waals surface area contributed by atoms with E-state index in [1.165, 1.54) is 11.1 Å². The highest BCUT2D eigenvalue weighted by atomic mass is 16.5. The summed E-state index contributed by atoms with van der Waals surface area (Å²) < 4.78 is 12.8. The van der Waals surface area contributed by atoms with Gasteiger partial charge < -0.3 is 14.8 Å². The number of anilines is 1. The van der Waals surface area contributed by atoms with Crippen molar-refractivity contribution in [1.82, 2.24) is 14.8 Å². The molecule has 0 saturated heterocycles. The lowest BCUT2D eigenvalue weighted by molar-refractivity contribution is 0.340. The molecule has 0 spiro atoms. The van der Waals surface area contributed by atoms with Gasteiger partial charge in [0, 0.05) is 0 Å². The maximum absolute atomic E-state index is 5.56. The van der Waals surface area contributed by atoms with Gasteiger partial charge in [-0.05, 0) is 48.7 Å². The molecule has 0 radical (unpaired) electrons. The Labute approximate surface area is 152 Å². The van der Waals surface area contributed by atoms with Crippen LogP contribution in [0.5, 0.6) is 11.5 Å². The number of rotatable bonds is 5. The molecule has 6 heteroatoms. The second-order valence-corrected chi connectivity index (χ2v) is 6.25. The van der Waals surface area contributed by atoms with E-state index in [1.807, 2.05) is 35.9 Å². The van der Waals surface area contributed by atoms with Crippen LogP contribution in [-0.2, 0) is 0 Å². The maximum atomic E-state index is 5.56. The molecule has 0 amide bonds. The van der Waals surface area contributed by atoms with E-state index < -0.39 is 0 Å². The number of nitrogens with one attached hydrogen (secondary N) is 1. The average Bonchev–Trinajstić information content (AvgIpc) is 3.17. The van der Waals surface area contributed by atoms with Gasteiger partial charge in [0.2, 0.25) is 5.95 Å². The van der Waals surface area contributed by atoms with Gasteiger partial charge in [-0.1, -0.05) is 24.3 Å². The molecule has 0 fully saturated rings. The molecule has 2 aromatic carbocycles. The molecule has 4 rings (SSSR count). The number of hydrogen-bond donors (Lipinski definition) is 1. The van der Waals surface area contributed by atoms with E-state index in [2.05, 4.69) is 39.7 Å². The highest BCUT2D eigenvalue weighted by Crippen LogP contribution is 2.38. The molecule has 0 unspecified atom stereocenters. The first-order valence-electron chi connectivity index (χ1n) is 8.81. The summed E-state index contributed by atoms with van der Waals surface area (Å²) in [6.07, 6.45) is 2.48. The van der Waals surface area contributed by atoms with Crippen molar-refractivity contribution >= 4 is 5.95 Å². The second-order valence-electron chi connectivity index (χ2n) is 6.25. The average molecular weight is 350 g/mol. The summed E-state index contributed by atoms with van der Waals surface area (Å²) in [6, 6.07) is 16.7. The molecule has 0 bridgehead atoms. The van der Waals surface area contributed by atoms with Crippen molar-refractivity contribution in [1.29, 1.82) is 0 Å². The SMILES string of the molecule is CCOc1ccc([C@H]2C[C@@H](c3ccc(OC)cc3)Nc3ncnn32)cc1. The Morgan fingerprint density at radius 2 is 1.73 bits per heavy atom. The molecule has 26 heavy (non-hydrogen) atoms. The third kappa shape index (κ3) is 3.10. The lowest BCUT2D eigenvalue weighted by Crippen LogP contribution is -2.28. The first kappa shape index (κ1) is 16.4. The zero-order valence-electron chi connectivity index (χ0n) is 14.9. The summed E-state index contributed by atoms with van der Waals surface area (Å²) >= 11 is 0. The fraction of sp³-hybridized carbons (Fsp3) is 0.300. The molecule has 2 atom stereocenters. The maximum Gasteiger partial charge on any atom is 0.222 e. The van der Waals surface area contributed by atoms with Gasteiger partial charge in [-0.2, -0.15) is 10.1 Å². The smallest absolute Gasteiger partial charge is 0.222 e. The van der Waals surface area contributed by atoms with Crippen molar-refractivity contribution in [3.63, 3.8) is 0 Å². The standard InChI is InChI=1S/C20H22N4O2/c1-3-26-17-10-6-15(7-11-17)19-12-18(23-20-21-13-22-24(19)20)14-4-8-16(25-2)9-5-14/h4-11,13,18-19H,3,12H2,1-2H3,(H,21,22,23)/t18-,19+/m0/s1. The van der Waals surface area contributed by atoms with Crippen LogP contribution in [-0.4, -0.2) is 28.5 Å². The zero-order chi connectivity index (χ0) is 17.9. The van der Waals surface area contributed by atoms with Crippen LogP contribution < -0.4 is 14.8 Å². The molecule has 1 aromatic heterocycles. The van der Waals surface area contributed by atoms with Crippen LogP contribution >= 0.6 is 0 Å². The Balaban J connectivity index is 1.63. The lowest BCUT2D eigenvalue weighted by atomic mass is 9.93. The first-order chi connectivity index (χ1) is 12.8. The Hall–Kier alpha value is -3.02. The van der Waals surface area contributed by atoms with E-state index in [1.54, 1.807) is 13.4 Å². The summed E-state index contributed by atoms with van der Waals surface area (Å²) in [5, 5.41) is 7.91. The zero-order valence-corrected chi connectivity index (χ0v) is 14.9. The predicted octanol–water partition coefficient (Wildman–Crippen LogP) is 3.83. The molecular weight excluding hydrogens is 328 g/mol. The van der Waals surface area contributed by atoms with Crippen molar-refractivity contribution < 1.29 is 9.47 Å². The van der Waals surface area contributed by atoms with Crippen LogP contribution in [0, 0.1) is 0 Å². The van der Waals surface area contributed by atoms with Crippen molar-refractivity contribution in [2.45, 2.75) is 25.4 Å². The van der Waals surface area contributed by atoms with Gasteiger partial charge in [0.1, 0.15) is 17.8 Å². The van der Waals surface area contributed by atoms with Crippen LogP contribution in [0.3, 0.4) is 0 Å².